The summed E-state index contributed by atoms with van der Waals surface area (Å²) in [6.07, 6.45) is 3.41. The minimum Gasteiger partial charge on any atom is -0.459 e. The van der Waals surface area contributed by atoms with Crippen LogP contribution in [0.25, 0.3) is 11.0 Å². The van der Waals surface area contributed by atoms with Crippen molar-refractivity contribution in [3.05, 3.63) is 59.4 Å². The molecule has 0 saturated carbocycles. The predicted octanol–water partition coefficient (Wildman–Crippen LogP) is 2.89. The molecule has 1 atom stereocenters. The monoisotopic (exact) mass is 253 g/mol. The number of para-hydroxylation sites is 1. The summed E-state index contributed by atoms with van der Waals surface area (Å²) < 4.78 is 5.85. The second-order valence-corrected chi connectivity index (χ2v) is 4.70. The van der Waals surface area contributed by atoms with Gasteiger partial charge in [-0.15, -0.1) is 0 Å². The molecule has 1 unspecified atom stereocenters. The third kappa shape index (κ3) is 2.11. The lowest BCUT2D eigenvalue weighted by Gasteiger charge is -2.07. The van der Waals surface area contributed by atoms with Crippen LogP contribution in [0.4, 0.5) is 0 Å². The summed E-state index contributed by atoms with van der Waals surface area (Å²) >= 11 is 0. The maximum atomic E-state index is 6.18. The van der Waals surface area contributed by atoms with E-state index in [0.717, 1.165) is 22.2 Å². The quantitative estimate of drug-likeness (QED) is 0.762. The smallest absolute Gasteiger partial charge is 0.137 e. The summed E-state index contributed by atoms with van der Waals surface area (Å²) in [4.78, 5) is 8.51. The van der Waals surface area contributed by atoms with Gasteiger partial charge in [-0.25, -0.2) is 0 Å². The summed E-state index contributed by atoms with van der Waals surface area (Å²) in [5.41, 5.74) is 9.75. The molecule has 0 aliphatic carbocycles. The maximum Gasteiger partial charge on any atom is 0.137 e. The molecule has 0 bridgehead atoms. The molecule has 0 spiro atoms. The minimum atomic E-state index is -0.389. The van der Waals surface area contributed by atoms with E-state index in [9.17, 15) is 0 Å². The van der Waals surface area contributed by atoms with E-state index in [1.807, 2.05) is 38.1 Å². The van der Waals surface area contributed by atoms with Crippen LogP contribution in [0.2, 0.25) is 0 Å². The summed E-state index contributed by atoms with van der Waals surface area (Å²) in [6.45, 7) is 3.92. The van der Waals surface area contributed by atoms with Gasteiger partial charge in [-0.05, 0) is 25.5 Å². The highest BCUT2D eigenvalue weighted by atomic mass is 16.3. The second-order valence-electron chi connectivity index (χ2n) is 4.70. The lowest BCUT2D eigenvalue weighted by molar-refractivity contribution is 0.518. The van der Waals surface area contributed by atoms with Crippen molar-refractivity contribution >= 4 is 11.0 Å². The van der Waals surface area contributed by atoms with Gasteiger partial charge in [0.05, 0.1) is 17.6 Å². The molecule has 2 N–H and O–H groups in total. The zero-order chi connectivity index (χ0) is 13.4. The topological polar surface area (TPSA) is 64.9 Å². The maximum absolute atomic E-state index is 6.18. The first-order valence-corrected chi connectivity index (χ1v) is 6.18. The van der Waals surface area contributed by atoms with E-state index in [0.29, 0.717) is 11.5 Å². The van der Waals surface area contributed by atoms with Crippen LogP contribution in [0.15, 0.2) is 41.1 Å². The van der Waals surface area contributed by atoms with E-state index in [2.05, 4.69) is 9.97 Å². The van der Waals surface area contributed by atoms with Crippen molar-refractivity contribution in [3.8, 4) is 0 Å². The number of nitrogens with two attached hydrogens (primary N) is 1. The normalized spacial score (nSPS) is 12.8. The zero-order valence-corrected chi connectivity index (χ0v) is 10.9. The molecule has 0 saturated heterocycles. The van der Waals surface area contributed by atoms with Gasteiger partial charge in [0.2, 0.25) is 0 Å². The van der Waals surface area contributed by atoms with Crippen LogP contribution in [0.1, 0.15) is 28.8 Å². The molecule has 0 radical (unpaired) electrons. The van der Waals surface area contributed by atoms with Crippen molar-refractivity contribution in [2.75, 3.05) is 0 Å². The minimum absolute atomic E-state index is 0.389. The van der Waals surface area contributed by atoms with Crippen LogP contribution < -0.4 is 5.73 Å². The van der Waals surface area contributed by atoms with E-state index >= 15 is 0 Å². The average molecular weight is 253 g/mol. The number of hydrogen-bond donors (Lipinski definition) is 1. The Bertz CT molecular complexity index is 716. The Morgan fingerprint density at radius 3 is 2.68 bits per heavy atom. The van der Waals surface area contributed by atoms with Gasteiger partial charge in [0.25, 0.3) is 0 Å². The molecular formula is C15H15N3O. The Morgan fingerprint density at radius 1 is 1.16 bits per heavy atom. The van der Waals surface area contributed by atoms with E-state index in [-0.39, 0.29) is 6.04 Å². The van der Waals surface area contributed by atoms with Crippen LogP contribution in [-0.4, -0.2) is 9.97 Å². The van der Waals surface area contributed by atoms with Crippen molar-refractivity contribution in [2.24, 2.45) is 5.73 Å². The fourth-order valence-corrected chi connectivity index (χ4v) is 2.09. The van der Waals surface area contributed by atoms with Gasteiger partial charge in [0.1, 0.15) is 17.4 Å². The second kappa shape index (κ2) is 4.48. The van der Waals surface area contributed by atoms with Gasteiger partial charge < -0.3 is 10.2 Å². The molecule has 3 aromatic rings. The molecule has 0 fully saturated rings. The summed E-state index contributed by atoms with van der Waals surface area (Å²) in [5.74, 6) is 0.711. The number of fused-ring (bicyclic) bond motifs is 1. The molecule has 1 aromatic carbocycles. The number of rotatable bonds is 2. The van der Waals surface area contributed by atoms with Crippen LogP contribution in [0, 0.1) is 13.8 Å². The molecule has 4 heteroatoms. The number of furan rings is 1. The number of aryl methyl sites for hydroxylation is 2. The Hall–Kier alpha value is -2.20. The number of hydrogen-bond acceptors (Lipinski definition) is 4. The molecule has 2 aromatic heterocycles. The molecular weight excluding hydrogens is 238 g/mol. The lowest BCUT2D eigenvalue weighted by Crippen LogP contribution is -2.13. The van der Waals surface area contributed by atoms with Crippen LogP contribution in [0.3, 0.4) is 0 Å². The summed E-state index contributed by atoms with van der Waals surface area (Å²) in [6, 6.07) is 7.62. The van der Waals surface area contributed by atoms with Gasteiger partial charge >= 0.3 is 0 Å². The first-order chi connectivity index (χ1) is 9.15. The van der Waals surface area contributed by atoms with E-state index in [1.165, 1.54) is 0 Å². The third-order valence-corrected chi connectivity index (χ3v) is 3.19. The number of nitrogens with zero attached hydrogens (tertiary/aromatic N) is 2. The van der Waals surface area contributed by atoms with Crippen molar-refractivity contribution in [2.45, 2.75) is 19.9 Å². The average Bonchev–Trinajstić information content (AvgIpc) is 2.84. The molecule has 96 valence electrons. The molecule has 3 rings (SSSR count). The van der Waals surface area contributed by atoms with Crippen molar-refractivity contribution in [1.82, 2.24) is 9.97 Å². The SMILES string of the molecule is Cc1cnc(C(N)c2cc3cccc(C)c3o2)cn1. The van der Waals surface area contributed by atoms with Gasteiger partial charge in [-0.3, -0.25) is 9.97 Å². The Balaban J connectivity index is 2.04. The molecule has 4 nitrogen and oxygen atoms in total. The van der Waals surface area contributed by atoms with Crippen LogP contribution >= 0.6 is 0 Å². The Labute approximate surface area is 111 Å². The van der Waals surface area contributed by atoms with E-state index in [1.54, 1.807) is 12.4 Å². The largest absolute Gasteiger partial charge is 0.459 e. The Kier molecular flexibility index (Phi) is 2.80. The summed E-state index contributed by atoms with van der Waals surface area (Å²) in [5, 5.41) is 1.06. The first-order valence-electron chi connectivity index (χ1n) is 6.18. The van der Waals surface area contributed by atoms with E-state index in [4.69, 9.17) is 10.2 Å². The fourth-order valence-electron chi connectivity index (χ4n) is 2.09. The van der Waals surface area contributed by atoms with Crippen LogP contribution in [-0.2, 0) is 0 Å². The molecule has 2 heterocycles. The van der Waals surface area contributed by atoms with Crippen LogP contribution in [0.5, 0.6) is 0 Å². The van der Waals surface area contributed by atoms with Gasteiger partial charge in [0, 0.05) is 11.6 Å². The van der Waals surface area contributed by atoms with E-state index < -0.39 is 0 Å². The highest BCUT2D eigenvalue weighted by Gasteiger charge is 2.16. The van der Waals surface area contributed by atoms with Gasteiger partial charge in [0.15, 0.2) is 0 Å². The number of benzene rings is 1. The number of aromatic nitrogens is 2. The van der Waals surface area contributed by atoms with Crippen molar-refractivity contribution in [3.63, 3.8) is 0 Å². The first kappa shape index (κ1) is 11.9. The molecule has 19 heavy (non-hydrogen) atoms. The summed E-state index contributed by atoms with van der Waals surface area (Å²) in [7, 11) is 0. The third-order valence-electron chi connectivity index (χ3n) is 3.19. The lowest BCUT2D eigenvalue weighted by atomic mass is 10.1. The standard InChI is InChI=1S/C15H15N3O/c1-9-4-3-5-11-6-13(19-15(9)11)14(16)12-8-17-10(2)7-18-12/h3-8,14H,16H2,1-2H3. The molecule has 0 aliphatic heterocycles. The highest BCUT2D eigenvalue weighted by Crippen LogP contribution is 2.27. The molecule has 0 aliphatic rings. The Morgan fingerprint density at radius 2 is 2.00 bits per heavy atom. The highest BCUT2D eigenvalue weighted by molar-refractivity contribution is 5.81. The van der Waals surface area contributed by atoms with Crippen molar-refractivity contribution in [1.29, 1.82) is 0 Å². The van der Waals surface area contributed by atoms with Gasteiger partial charge in [-0.2, -0.15) is 0 Å². The van der Waals surface area contributed by atoms with Gasteiger partial charge in [-0.1, -0.05) is 18.2 Å². The fraction of sp³-hybridized carbons (Fsp3) is 0.200. The zero-order valence-electron chi connectivity index (χ0n) is 10.9. The molecule has 0 amide bonds. The van der Waals surface area contributed by atoms with Crippen molar-refractivity contribution < 1.29 is 4.42 Å². The predicted molar refractivity (Wildman–Crippen MR) is 73.8 cm³/mol.